The smallest absolute Gasteiger partial charge is 0.109 e. The fraction of sp³-hybridized carbons (Fsp3) is 0.895. The quantitative estimate of drug-likeness (QED) is 0.816. The van der Waals surface area contributed by atoms with Gasteiger partial charge in [0.25, 0.3) is 0 Å². The Morgan fingerprint density at radius 1 is 1.19 bits per heavy atom. The van der Waals surface area contributed by atoms with E-state index in [-0.39, 0.29) is 0 Å². The van der Waals surface area contributed by atoms with Gasteiger partial charge in [0.05, 0.1) is 12.6 Å². The van der Waals surface area contributed by atoms with Gasteiger partial charge in [-0.15, -0.1) is 0 Å². The maximum atomic E-state index is 6.13. The molecule has 0 radical (unpaired) electrons. The van der Waals surface area contributed by atoms with Gasteiger partial charge in [0, 0.05) is 0 Å². The fourth-order valence-corrected chi connectivity index (χ4v) is 6.22. The molecule has 4 aliphatic carbocycles. The average Bonchev–Trinajstić information content (AvgIpc) is 2.47. The molecule has 21 heavy (non-hydrogen) atoms. The number of ether oxygens (including phenoxy) is 1. The molecule has 0 amide bonds. The van der Waals surface area contributed by atoms with Crippen LogP contribution in [0.15, 0.2) is 11.8 Å². The molecule has 2 nitrogen and oxygen atoms in total. The van der Waals surface area contributed by atoms with E-state index in [0.717, 1.165) is 30.9 Å². The first-order valence-corrected chi connectivity index (χ1v) is 9.35. The van der Waals surface area contributed by atoms with Crippen LogP contribution in [0.4, 0.5) is 0 Å². The van der Waals surface area contributed by atoms with Gasteiger partial charge in [-0.2, -0.15) is 0 Å². The van der Waals surface area contributed by atoms with Crippen LogP contribution in [0.25, 0.3) is 0 Å². The predicted molar refractivity (Wildman–Crippen MR) is 86.0 cm³/mol. The average molecular weight is 289 g/mol. The van der Waals surface area contributed by atoms with E-state index >= 15 is 0 Å². The zero-order chi connectivity index (χ0) is 14.3. The van der Waals surface area contributed by atoms with E-state index in [4.69, 9.17) is 4.74 Å². The highest BCUT2D eigenvalue weighted by molar-refractivity contribution is 5.17. The van der Waals surface area contributed by atoms with Gasteiger partial charge in [0.15, 0.2) is 0 Å². The van der Waals surface area contributed by atoms with Crippen molar-refractivity contribution in [2.45, 2.75) is 70.8 Å². The van der Waals surface area contributed by atoms with Crippen LogP contribution >= 0.6 is 0 Å². The molecule has 1 unspecified atom stereocenters. The summed E-state index contributed by atoms with van der Waals surface area (Å²) in [6.07, 6.45) is 15.0. The Bertz CT molecular complexity index is 379. The Balaban J connectivity index is 1.61. The Kier molecular flexibility index (Phi) is 3.77. The van der Waals surface area contributed by atoms with Gasteiger partial charge in [-0.25, -0.2) is 0 Å². The summed E-state index contributed by atoms with van der Waals surface area (Å²) >= 11 is 0. The molecule has 1 atom stereocenters. The number of allylic oxidation sites excluding steroid dienone is 1. The van der Waals surface area contributed by atoms with Crippen molar-refractivity contribution in [2.24, 2.45) is 23.2 Å². The first kappa shape index (κ1) is 14.1. The lowest BCUT2D eigenvalue weighted by Gasteiger charge is -2.59. The van der Waals surface area contributed by atoms with Crippen LogP contribution in [0.3, 0.4) is 0 Å². The lowest BCUT2D eigenvalue weighted by Crippen LogP contribution is -2.57. The van der Waals surface area contributed by atoms with Crippen molar-refractivity contribution < 1.29 is 4.74 Å². The number of hydrogen-bond acceptors (Lipinski definition) is 2. The van der Waals surface area contributed by atoms with E-state index in [2.05, 4.69) is 18.3 Å². The van der Waals surface area contributed by atoms with Crippen LogP contribution in [0.1, 0.15) is 64.7 Å². The van der Waals surface area contributed by atoms with Gasteiger partial charge in [-0.1, -0.05) is 6.92 Å². The van der Waals surface area contributed by atoms with Crippen molar-refractivity contribution in [3.8, 4) is 0 Å². The third-order valence-electron chi connectivity index (χ3n) is 6.54. The number of hydrogen-bond donors (Lipinski definition) is 1. The Morgan fingerprint density at radius 3 is 2.38 bits per heavy atom. The molecule has 2 heteroatoms. The molecule has 1 heterocycles. The van der Waals surface area contributed by atoms with Crippen LogP contribution in [-0.2, 0) is 4.74 Å². The standard InChI is InChI=1S/C19H31NO/c1-2-6-20-18(17-5-3-4-7-21-17)19-11-14-8-15(12-19)10-16(9-14)13-19/h5,14-16,18,20H,2-4,6-13H2,1H3. The minimum absolute atomic E-state index is 0.506. The molecule has 4 bridgehead atoms. The molecular formula is C19H31NO. The SMILES string of the molecule is CCCNC(C1=CCCCO1)C12CC3CC(CC(C3)C1)C2. The maximum Gasteiger partial charge on any atom is 0.109 e. The van der Waals surface area contributed by atoms with E-state index in [0.29, 0.717) is 11.5 Å². The largest absolute Gasteiger partial charge is 0.497 e. The van der Waals surface area contributed by atoms with Crippen LogP contribution < -0.4 is 5.32 Å². The fourth-order valence-electron chi connectivity index (χ4n) is 6.22. The van der Waals surface area contributed by atoms with Crippen molar-refractivity contribution in [3.05, 3.63) is 11.8 Å². The van der Waals surface area contributed by atoms with Gasteiger partial charge in [0.2, 0.25) is 0 Å². The first-order valence-electron chi connectivity index (χ1n) is 9.35. The van der Waals surface area contributed by atoms with Crippen molar-refractivity contribution in [2.75, 3.05) is 13.2 Å². The molecule has 5 aliphatic rings. The summed E-state index contributed by atoms with van der Waals surface area (Å²) in [5.41, 5.74) is 0.521. The Hall–Kier alpha value is -0.500. The summed E-state index contributed by atoms with van der Waals surface area (Å²) in [4.78, 5) is 0. The van der Waals surface area contributed by atoms with Gasteiger partial charge < -0.3 is 10.1 Å². The second-order valence-electron chi connectivity index (χ2n) is 8.26. The number of rotatable bonds is 5. The minimum Gasteiger partial charge on any atom is -0.497 e. The minimum atomic E-state index is 0.506. The monoisotopic (exact) mass is 289 g/mol. The van der Waals surface area contributed by atoms with Crippen LogP contribution in [0.5, 0.6) is 0 Å². The summed E-state index contributed by atoms with van der Waals surface area (Å²) in [6, 6.07) is 0.506. The topological polar surface area (TPSA) is 21.3 Å². The molecular weight excluding hydrogens is 258 g/mol. The highest BCUT2D eigenvalue weighted by Gasteiger charge is 2.55. The van der Waals surface area contributed by atoms with E-state index in [1.54, 1.807) is 0 Å². The second-order valence-corrected chi connectivity index (χ2v) is 8.26. The summed E-state index contributed by atoms with van der Waals surface area (Å²) in [5, 5.41) is 3.90. The van der Waals surface area contributed by atoms with Crippen LogP contribution in [-0.4, -0.2) is 19.2 Å². The molecule has 1 N–H and O–H groups in total. The Morgan fingerprint density at radius 2 is 1.86 bits per heavy atom. The predicted octanol–water partition coefficient (Wildman–Crippen LogP) is 4.27. The van der Waals surface area contributed by atoms with Crippen molar-refractivity contribution >= 4 is 0 Å². The highest BCUT2D eigenvalue weighted by Crippen LogP contribution is 2.62. The molecule has 0 saturated heterocycles. The summed E-state index contributed by atoms with van der Waals surface area (Å²) in [6.45, 7) is 4.34. The van der Waals surface area contributed by atoms with Crippen molar-refractivity contribution in [1.82, 2.24) is 5.32 Å². The second kappa shape index (κ2) is 5.61. The molecule has 0 aromatic heterocycles. The summed E-state index contributed by atoms with van der Waals surface area (Å²) < 4.78 is 6.13. The lowest BCUT2D eigenvalue weighted by atomic mass is 9.47. The van der Waals surface area contributed by atoms with E-state index in [1.807, 2.05) is 0 Å². The maximum absolute atomic E-state index is 6.13. The molecule has 4 fully saturated rings. The van der Waals surface area contributed by atoms with Crippen LogP contribution in [0, 0.1) is 23.2 Å². The molecule has 118 valence electrons. The first-order chi connectivity index (χ1) is 10.3. The van der Waals surface area contributed by atoms with E-state index in [1.165, 1.54) is 63.5 Å². The summed E-state index contributed by atoms with van der Waals surface area (Å²) in [7, 11) is 0. The van der Waals surface area contributed by atoms with Crippen molar-refractivity contribution in [3.63, 3.8) is 0 Å². The number of nitrogens with one attached hydrogen (secondary N) is 1. The molecule has 5 rings (SSSR count). The normalized spacial score (nSPS) is 42.5. The van der Waals surface area contributed by atoms with Crippen molar-refractivity contribution in [1.29, 1.82) is 0 Å². The molecule has 0 aromatic rings. The van der Waals surface area contributed by atoms with E-state index in [9.17, 15) is 0 Å². The van der Waals surface area contributed by atoms with E-state index < -0.39 is 0 Å². The molecule has 4 saturated carbocycles. The third-order valence-corrected chi connectivity index (χ3v) is 6.54. The zero-order valence-electron chi connectivity index (χ0n) is 13.6. The molecule has 0 spiro atoms. The third kappa shape index (κ3) is 2.54. The van der Waals surface area contributed by atoms with Gasteiger partial charge in [0.1, 0.15) is 5.76 Å². The lowest BCUT2D eigenvalue weighted by molar-refractivity contribution is -0.0765. The van der Waals surface area contributed by atoms with Crippen LogP contribution in [0.2, 0.25) is 0 Å². The molecule has 1 aliphatic heterocycles. The molecule has 0 aromatic carbocycles. The zero-order valence-corrected chi connectivity index (χ0v) is 13.6. The Labute approximate surface area is 129 Å². The summed E-state index contributed by atoms with van der Waals surface area (Å²) in [5.74, 6) is 4.36. The van der Waals surface area contributed by atoms with Gasteiger partial charge >= 0.3 is 0 Å². The van der Waals surface area contributed by atoms with Gasteiger partial charge in [-0.05, 0) is 93.6 Å². The highest BCUT2D eigenvalue weighted by atomic mass is 16.5. The van der Waals surface area contributed by atoms with Gasteiger partial charge in [-0.3, -0.25) is 0 Å².